The zero-order valence-electron chi connectivity index (χ0n) is 9.34. The number of amides is 1. The predicted molar refractivity (Wildman–Crippen MR) is 56.3 cm³/mol. The van der Waals surface area contributed by atoms with E-state index in [1.54, 1.807) is 13.8 Å². The highest BCUT2D eigenvalue weighted by Gasteiger charge is 2.24. The molecule has 0 aromatic carbocycles. The standard InChI is InChI=1S/C10H22N2O2/c1-4-5-6-8(9(13)12-11)7-10(2,3)14/h8,14H,4-7,11H2,1-3H3,(H,12,13)/t8-/m0/s1. The van der Waals surface area contributed by atoms with E-state index in [1.165, 1.54) is 0 Å². The number of hydrogen-bond acceptors (Lipinski definition) is 3. The molecule has 0 heterocycles. The summed E-state index contributed by atoms with van der Waals surface area (Å²) in [6.07, 6.45) is 3.26. The highest BCUT2D eigenvalue weighted by molar-refractivity contribution is 5.78. The van der Waals surface area contributed by atoms with Gasteiger partial charge in [-0.2, -0.15) is 0 Å². The lowest BCUT2D eigenvalue weighted by molar-refractivity contribution is -0.127. The van der Waals surface area contributed by atoms with E-state index in [1.807, 2.05) is 0 Å². The number of hydrazine groups is 1. The molecule has 4 heteroatoms. The van der Waals surface area contributed by atoms with Crippen molar-refractivity contribution in [3.05, 3.63) is 0 Å². The van der Waals surface area contributed by atoms with Crippen LogP contribution in [0.5, 0.6) is 0 Å². The van der Waals surface area contributed by atoms with Crippen LogP contribution in [0.2, 0.25) is 0 Å². The first kappa shape index (κ1) is 13.4. The van der Waals surface area contributed by atoms with Crippen LogP contribution < -0.4 is 11.3 Å². The Bertz CT molecular complexity index is 175. The van der Waals surface area contributed by atoms with Gasteiger partial charge in [-0.3, -0.25) is 10.2 Å². The molecular formula is C10H22N2O2. The molecule has 84 valence electrons. The predicted octanol–water partition coefficient (Wildman–Crippen LogP) is 0.944. The van der Waals surface area contributed by atoms with E-state index >= 15 is 0 Å². The van der Waals surface area contributed by atoms with Crippen LogP contribution in [0, 0.1) is 5.92 Å². The third kappa shape index (κ3) is 5.94. The van der Waals surface area contributed by atoms with Gasteiger partial charge in [0.2, 0.25) is 5.91 Å². The minimum Gasteiger partial charge on any atom is -0.390 e. The van der Waals surface area contributed by atoms with Gasteiger partial charge in [0.05, 0.1) is 5.60 Å². The molecule has 1 atom stereocenters. The third-order valence-electron chi connectivity index (χ3n) is 2.17. The number of carbonyl (C=O) groups is 1. The second kappa shape index (κ2) is 5.98. The van der Waals surface area contributed by atoms with Crippen molar-refractivity contribution in [3.63, 3.8) is 0 Å². The minimum atomic E-state index is -0.815. The van der Waals surface area contributed by atoms with E-state index in [2.05, 4.69) is 12.3 Å². The van der Waals surface area contributed by atoms with Crippen molar-refractivity contribution in [3.8, 4) is 0 Å². The van der Waals surface area contributed by atoms with E-state index in [0.29, 0.717) is 6.42 Å². The molecule has 0 aliphatic heterocycles. The lowest BCUT2D eigenvalue weighted by Gasteiger charge is -2.23. The van der Waals surface area contributed by atoms with Crippen LogP contribution in [0.15, 0.2) is 0 Å². The number of nitrogens with one attached hydrogen (secondary N) is 1. The molecule has 1 amide bonds. The monoisotopic (exact) mass is 202 g/mol. The molecule has 0 rings (SSSR count). The van der Waals surface area contributed by atoms with E-state index in [0.717, 1.165) is 19.3 Å². The second-order valence-electron chi connectivity index (χ2n) is 4.36. The number of carbonyl (C=O) groups excluding carboxylic acids is 1. The smallest absolute Gasteiger partial charge is 0.237 e. The van der Waals surface area contributed by atoms with Gasteiger partial charge in [0, 0.05) is 5.92 Å². The first-order valence-electron chi connectivity index (χ1n) is 5.13. The zero-order valence-corrected chi connectivity index (χ0v) is 9.34. The maximum Gasteiger partial charge on any atom is 0.237 e. The Morgan fingerprint density at radius 2 is 2.14 bits per heavy atom. The van der Waals surface area contributed by atoms with Gasteiger partial charge < -0.3 is 5.11 Å². The summed E-state index contributed by atoms with van der Waals surface area (Å²) < 4.78 is 0. The zero-order chi connectivity index (χ0) is 11.2. The van der Waals surface area contributed by atoms with Gasteiger partial charge in [-0.05, 0) is 26.7 Å². The van der Waals surface area contributed by atoms with Gasteiger partial charge in [0.15, 0.2) is 0 Å². The molecule has 0 aromatic heterocycles. The van der Waals surface area contributed by atoms with Crippen LogP contribution in [-0.2, 0) is 4.79 Å². The quantitative estimate of drug-likeness (QED) is 0.341. The Morgan fingerprint density at radius 3 is 2.50 bits per heavy atom. The molecule has 0 fully saturated rings. The van der Waals surface area contributed by atoms with Crippen molar-refractivity contribution < 1.29 is 9.90 Å². The van der Waals surface area contributed by atoms with E-state index in [9.17, 15) is 9.90 Å². The minimum absolute atomic E-state index is 0.180. The Balaban J connectivity index is 4.18. The number of hydrogen-bond donors (Lipinski definition) is 3. The average Bonchev–Trinajstić information content (AvgIpc) is 2.09. The van der Waals surface area contributed by atoms with Crippen LogP contribution in [0.25, 0.3) is 0 Å². The molecule has 0 aromatic rings. The third-order valence-corrected chi connectivity index (χ3v) is 2.17. The second-order valence-corrected chi connectivity index (χ2v) is 4.36. The van der Waals surface area contributed by atoms with Crippen molar-refractivity contribution in [1.29, 1.82) is 0 Å². The van der Waals surface area contributed by atoms with Crippen molar-refractivity contribution in [2.45, 2.75) is 52.1 Å². The molecular weight excluding hydrogens is 180 g/mol. The normalized spacial score (nSPS) is 13.8. The van der Waals surface area contributed by atoms with Gasteiger partial charge >= 0.3 is 0 Å². The number of aliphatic hydroxyl groups is 1. The summed E-state index contributed by atoms with van der Waals surface area (Å²) in [6.45, 7) is 5.48. The maximum atomic E-state index is 11.3. The fourth-order valence-electron chi connectivity index (χ4n) is 1.50. The topological polar surface area (TPSA) is 75.3 Å². The Hall–Kier alpha value is -0.610. The van der Waals surface area contributed by atoms with Gasteiger partial charge in [-0.1, -0.05) is 19.8 Å². The van der Waals surface area contributed by atoms with Crippen LogP contribution in [0.1, 0.15) is 46.5 Å². The Kier molecular flexibility index (Phi) is 5.72. The molecule has 0 radical (unpaired) electrons. The molecule has 0 saturated carbocycles. The molecule has 0 saturated heterocycles. The average molecular weight is 202 g/mol. The van der Waals surface area contributed by atoms with Crippen molar-refractivity contribution >= 4 is 5.91 Å². The summed E-state index contributed by atoms with van der Waals surface area (Å²) in [5, 5.41) is 9.61. The summed E-state index contributed by atoms with van der Waals surface area (Å²) in [7, 11) is 0. The van der Waals surface area contributed by atoms with Crippen LogP contribution in [0.3, 0.4) is 0 Å². The van der Waals surface area contributed by atoms with Gasteiger partial charge in [0.1, 0.15) is 0 Å². The maximum absolute atomic E-state index is 11.3. The van der Waals surface area contributed by atoms with Crippen LogP contribution in [0.4, 0.5) is 0 Å². The van der Waals surface area contributed by atoms with Crippen molar-refractivity contribution in [1.82, 2.24) is 5.43 Å². The lowest BCUT2D eigenvalue weighted by Crippen LogP contribution is -2.39. The molecule has 0 bridgehead atoms. The number of unbranched alkanes of at least 4 members (excludes halogenated alkanes) is 1. The summed E-state index contributed by atoms with van der Waals surface area (Å²) in [5.41, 5.74) is 1.33. The van der Waals surface area contributed by atoms with Crippen LogP contribution in [-0.4, -0.2) is 16.6 Å². The lowest BCUT2D eigenvalue weighted by atomic mass is 9.89. The molecule has 0 unspecified atom stereocenters. The van der Waals surface area contributed by atoms with Gasteiger partial charge in [0.25, 0.3) is 0 Å². The Labute approximate surface area is 85.8 Å². The molecule has 0 aliphatic carbocycles. The van der Waals surface area contributed by atoms with Crippen molar-refractivity contribution in [2.24, 2.45) is 11.8 Å². The number of rotatable bonds is 6. The van der Waals surface area contributed by atoms with E-state index in [-0.39, 0.29) is 11.8 Å². The summed E-state index contributed by atoms with van der Waals surface area (Å²) in [6, 6.07) is 0. The summed E-state index contributed by atoms with van der Waals surface area (Å²) in [5.74, 6) is 4.72. The molecule has 4 nitrogen and oxygen atoms in total. The van der Waals surface area contributed by atoms with Gasteiger partial charge in [-0.25, -0.2) is 5.84 Å². The fraction of sp³-hybridized carbons (Fsp3) is 0.900. The van der Waals surface area contributed by atoms with Gasteiger partial charge in [-0.15, -0.1) is 0 Å². The highest BCUT2D eigenvalue weighted by atomic mass is 16.3. The SMILES string of the molecule is CCCC[C@@H](CC(C)(C)O)C(=O)NN. The number of nitrogens with two attached hydrogens (primary N) is 1. The summed E-state index contributed by atoms with van der Waals surface area (Å²) >= 11 is 0. The molecule has 4 N–H and O–H groups in total. The first-order valence-corrected chi connectivity index (χ1v) is 5.13. The molecule has 0 spiro atoms. The molecule has 14 heavy (non-hydrogen) atoms. The fourth-order valence-corrected chi connectivity index (χ4v) is 1.50. The molecule has 0 aliphatic rings. The van der Waals surface area contributed by atoms with E-state index in [4.69, 9.17) is 5.84 Å². The Morgan fingerprint density at radius 1 is 1.57 bits per heavy atom. The van der Waals surface area contributed by atoms with Crippen molar-refractivity contribution in [2.75, 3.05) is 0 Å². The largest absolute Gasteiger partial charge is 0.390 e. The highest BCUT2D eigenvalue weighted by Crippen LogP contribution is 2.21. The summed E-state index contributed by atoms with van der Waals surface area (Å²) in [4.78, 5) is 11.3. The van der Waals surface area contributed by atoms with E-state index < -0.39 is 5.60 Å². The van der Waals surface area contributed by atoms with Crippen LogP contribution >= 0.6 is 0 Å². The first-order chi connectivity index (χ1) is 6.40.